The molecule has 7 heteroatoms. The zero-order valence-electron chi connectivity index (χ0n) is 18.0. The van der Waals surface area contributed by atoms with Crippen molar-refractivity contribution in [1.82, 2.24) is 14.8 Å². The van der Waals surface area contributed by atoms with Crippen molar-refractivity contribution in [3.63, 3.8) is 0 Å². The third-order valence-electron chi connectivity index (χ3n) is 6.63. The van der Waals surface area contributed by atoms with Crippen molar-refractivity contribution < 1.29 is 14.3 Å². The monoisotopic (exact) mass is 495 g/mol. The van der Waals surface area contributed by atoms with Gasteiger partial charge in [-0.1, -0.05) is 52.3 Å². The van der Waals surface area contributed by atoms with Crippen molar-refractivity contribution >= 4 is 38.6 Å². The van der Waals surface area contributed by atoms with Gasteiger partial charge in [-0.25, -0.2) is 0 Å². The molecule has 1 saturated heterocycles. The summed E-state index contributed by atoms with van der Waals surface area (Å²) >= 11 is 3.59. The number of hydrogen-bond acceptors (Lipinski definition) is 3. The first kappa shape index (κ1) is 21.2. The Morgan fingerprint density at radius 1 is 1.22 bits per heavy atom. The lowest BCUT2D eigenvalue weighted by atomic mass is 9.93. The van der Waals surface area contributed by atoms with E-state index in [0.29, 0.717) is 25.3 Å². The van der Waals surface area contributed by atoms with Gasteiger partial charge in [0.2, 0.25) is 5.91 Å². The Hall–Kier alpha value is -2.64. The first-order chi connectivity index (χ1) is 15.5. The van der Waals surface area contributed by atoms with Crippen LogP contribution in [-0.4, -0.2) is 46.1 Å². The second kappa shape index (κ2) is 8.37. The number of hydrogen-bond donors (Lipinski definition) is 1. The maximum absolute atomic E-state index is 13.8. The smallest absolute Gasteiger partial charge is 0.271 e. The van der Waals surface area contributed by atoms with Gasteiger partial charge in [0.05, 0.1) is 12.6 Å². The van der Waals surface area contributed by atoms with Crippen molar-refractivity contribution in [1.29, 1.82) is 0 Å². The fraction of sp³-hybridized carbons (Fsp3) is 0.360. The maximum atomic E-state index is 13.8. The van der Waals surface area contributed by atoms with E-state index in [1.807, 2.05) is 66.1 Å². The standard InChI is InChI=1S/C25H26BrN3O3/c1-25(24(31)27-14-19-9-6-12-32-19)16-28-21-11-5-3-7-17(21)13-22(28)23(30)29(25)15-18-8-2-4-10-20(18)26/h2-5,7-8,10-11,13,19H,6,9,12,14-16H2,1H3,(H,27,31)/t19-,25+/m0/s1. The van der Waals surface area contributed by atoms with E-state index >= 15 is 0 Å². The molecule has 1 aromatic heterocycles. The predicted molar refractivity (Wildman–Crippen MR) is 126 cm³/mol. The molecule has 2 amide bonds. The van der Waals surface area contributed by atoms with Crippen LogP contribution in [0.1, 0.15) is 35.8 Å². The lowest BCUT2D eigenvalue weighted by Crippen LogP contribution is -2.64. The van der Waals surface area contributed by atoms with Crippen LogP contribution in [0, 0.1) is 0 Å². The number of ether oxygens (including phenoxy) is 1. The Morgan fingerprint density at radius 2 is 2.00 bits per heavy atom. The normalized spacial score (nSPS) is 22.9. The van der Waals surface area contributed by atoms with E-state index in [2.05, 4.69) is 21.2 Å². The van der Waals surface area contributed by atoms with Gasteiger partial charge in [0.1, 0.15) is 11.2 Å². The molecule has 0 spiro atoms. The molecule has 6 nitrogen and oxygen atoms in total. The molecule has 0 bridgehead atoms. The van der Waals surface area contributed by atoms with Crippen LogP contribution in [0.5, 0.6) is 0 Å². The Morgan fingerprint density at radius 3 is 2.78 bits per heavy atom. The van der Waals surface area contributed by atoms with Crippen LogP contribution in [0.2, 0.25) is 0 Å². The lowest BCUT2D eigenvalue weighted by molar-refractivity contribution is -0.133. The first-order valence-electron chi connectivity index (χ1n) is 11.0. The summed E-state index contributed by atoms with van der Waals surface area (Å²) in [5.74, 6) is -0.296. The van der Waals surface area contributed by atoms with Gasteiger partial charge in [-0.15, -0.1) is 0 Å². The Kier molecular flexibility index (Phi) is 5.55. The molecular weight excluding hydrogens is 470 g/mol. The molecular formula is C25H26BrN3O3. The van der Waals surface area contributed by atoms with Gasteiger partial charge in [-0.2, -0.15) is 0 Å². The third-order valence-corrected chi connectivity index (χ3v) is 7.40. The highest BCUT2D eigenvalue weighted by Crippen LogP contribution is 2.34. The lowest BCUT2D eigenvalue weighted by Gasteiger charge is -2.44. The van der Waals surface area contributed by atoms with Crippen LogP contribution in [0.4, 0.5) is 0 Å². The van der Waals surface area contributed by atoms with Crippen LogP contribution in [0.25, 0.3) is 10.9 Å². The number of rotatable bonds is 5. The number of aromatic nitrogens is 1. The largest absolute Gasteiger partial charge is 0.376 e. The molecule has 0 unspecified atom stereocenters. The molecule has 1 N–H and O–H groups in total. The van der Waals surface area contributed by atoms with Gasteiger partial charge in [-0.05, 0) is 43.5 Å². The van der Waals surface area contributed by atoms with E-state index < -0.39 is 5.54 Å². The average molecular weight is 496 g/mol. The predicted octanol–water partition coefficient (Wildman–Crippen LogP) is 4.11. The number of halogens is 1. The molecule has 0 radical (unpaired) electrons. The van der Waals surface area contributed by atoms with E-state index in [4.69, 9.17) is 4.74 Å². The minimum Gasteiger partial charge on any atom is -0.376 e. The zero-order chi connectivity index (χ0) is 22.3. The van der Waals surface area contributed by atoms with Crippen molar-refractivity contribution in [3.8, 4) is 0 Å². The van der Waals surface area contributed by atoms with Crippen LogP contribution < -0.4 is 5.32 Å². The second-order valence-electron chi connectivity index (χ2n) is 8.78. The van der Waals surface area contributed by atoms with E-state index in [9.17, 15) is 9.59 Å². The topological polar surface area (TPSA) is 63.6 Å². The number of para-hydroxylation sites is 1. The molecule has 1 fully saturated rings. The number of nitrogens with zero attached hydrogens (tertiary/aromatic N) is 2. The third kappa shape index (κ3) is 3.63. The number of nitrogens with one attached hydrogen (secondary N) is 1. The number of benzene rings is 2. The maximum Gasteiger partial charge on any atom is 0.271 e. The fourth-order valence-corrected chi connectivity index (χ4v) is 5.16. The summed E-state index contributed by atoms with van der Waals surface area (Å²) < 4.78 is 8.58. The minimum atomic E-state index is -1.04. The van der Waals surface area contributed by atoms with Gasteiger partial charge < -0.3 is 19.5 Å². The molecule has 2 aliphatic rings. The van der Waals surface area contributed by atoms with Gasteiger partial charge in [0.25, 0.3) is 5.91 Å². The summed E-state index contributed by atoms with van der Waals surface area (Å²) in [7, 11) is 0. The molecule has 0 saturated carbocycles. The number of carbonyl (C=O) groups excluding carboxylic acids is 2. The van der Waals surface area contributed by atoms with Gasteiger partial charge in [0.15, 0.2) is 0 Å². The summed E-state index contributed by atoms with van der Waals surface area (Å²) in [5.41, 5.74) is 1.50. The van der Waals surface area contributed by atoms with Crippen molar-refractivity contribution in [2.45, 2.75) is 44.5 Å². The minimum absolute atomic E-state index is 0.0431. The molecule has 2 atom stereocenters. The molecule has 2 aromatic carbocycles. The molecule has 32 heavy (non-hydrogen) atoms. The summed E-state index contributed by atoms with van der Waals surface area (Å²) in [6.07, 6.45) is 2.01. The molecule has 0 aliphatic carbocycles. The van der Waals surface area contributed by atoms with Crippen molar-refractivity contribution in [2.24, 2.45) is 0 Å². The Bertz CT molecular complexity index is 1180. The van der Waals surface area contributed by atoms with Crippen molar-refractivity contribution in [3.05, 3.63) is 70.3 Å². The second-order valence-corrected chi connectivity index (χ2v) is 9.63. The summed E-state index contributed by atoms with van der Waals surface area (Å²) in [5, 5.41) is 4.07. The number of amides is 2. The van der Waals surface area contributed by atoms with Gasteiger partial charge in [-0.3, -0.25) is 9.59 Å². The summed E-state index contributed by atoms with van der Waals surface area (Å²) in [6.45, 7) is 3.80. The van der Waals surface area contributed by atoms with Gasteiger partial charge >= 0.3 is 0 Å². The Balaban J connectivity index is 1.53. The highest BCUT2D eigenvalue weighted by Gasteiger charge is 2.47. The van der Waals surface area contributed by atoms with E-state index in [0.717, 1.165) is 40.4 Å². The van der Waals surface area contributed by atoms with E-state index in [1.54, 1.807) is 4.90 Å². The first-order valence-corrected chi connectivity index (χ1v) is 11.8. The van der Waals surface area contributed by atoms with Crippen LogP contribution >= 0.6 is 15.9 Å². The molecule has 5 rings (SSSR count). The highest BCUT2D eigenvalue weighted by atomic mass is 79.9. The summed E-state index contributed by atoms with van der Waals surface area (Å²) in [4.78, 5) is 29.1. The van der Waals surface area contributed by atoms with Crippen LogP contribution in [0.3, 0.4) is 0 Å². The SMILES string of the molecule is C[C@]1(C(=O)NC[C@@H]2CCCO2)Cn2c(cc3ccccc32)C(=O)N1Cc1ccccc1Br. The van der Waals surface area contributed by atoms with E-state index in [1.165, 1.54) is 0 Å². The molecule has 2 aliphatic heterocycles. The summed E-state index contributed by atoms with van der Waals surface area (Å²) in [6, 6.07) is 17.7. The molecule has 3 heterocycles. The van der Waals surface area contributed by atoms with Gasteiger partial charge in [0, 0.05) is 35.1 Å². The quantitative estimate of drug-likeness (QED) is 0.579. The fourth-order valence-electron chi connectivity index (χ4n) is 4.75. The number of fused-ring (bicyclic) bond motifs is 3. The van der Waals surface area contributed by atoms with E-state index in [-0.39, 0.29) is 17.9 Å². The van der Waals surface area contributed by atoms with Crippen molar-refractivity contribution in [2.75, 3.05) is 13.2 Å². The highest BCUT2D eigenvalue weighted by molar-refractivity contribution is 9.10. The average Bonchev–Trinajstić information content (AvgIpc) is 3.44. The molecule has 3 aromatic rings. The zero-order valence-corrected chi connectivity index (χ0v) is 19.6. The molecule has 166 valence electrons. The Labute approximate surface area is 195 Å². The van der Waals surface area contributed by atoms with Crippen LogP contribution in [-0.2, 0) is 22.6 Å². The van der Waals surface area contributed by atoms with Crippen LogP contribution in [0.15, 0.2) is 59.1 Å². The number of carbonyl (C=O) groups is 2.